The van der Waals surface area contributed by atoms with Crippen LogP contribution >= 0.6 is 0 Å². The number of ether oxygens (including phenoxy) is 1. The Bertz CT molecular complexity index is 998. The highest BCUT2D eigenvalue weighted by molar-refractivity contribution is 6.02. The van der Waals surface area contributed by atoms with Crippen molar-refractivity contribution in [2.24, 2.45) is 0 Å². The van der Waals surface area contributed by atoms with Crippen molar-refractivity contribution in [1.29, 1.82) is 0 Å². The van der Waals surface area contributed by atoms with Crippen LogP contribution in [0.4, 0.5) is 0 Å². The van der Waals surface area contributed by atoms with Gasteiger partial charge in [-0.1, -0.05) is 48.5 Å². The van der Waals surface area contributed by atoms with Crippen molar-refractivity contribution in [2.75, 3.05) is 6.61 Å². The maximum absolute atomic E-state index is 12.2. The molecule has 3 rings (SSSR count). The molecule has 132 valence electrons. The molecule has 2 N–H and O–H groups in total. The van der Waals surface area contributed by atoms with Crippen molar-refractivity contribution in [2.45, 2.75) is 13.0 Å². The summed E-state index contributed by atoms with van der Waals surface area (Å²) in [6.45, 7) is 1.40. The lowest BCUT2D eigenvalue weighted by molar-refractivity contribution is -0.124. The number of H-pyrrole nitrogens is 1. The smallest absolute Gasteiger partial charge is 0.359 e. The number of aromatic nitrogens is 2. The van der Waals surface area contributed by atoms with Crippen molar-refractivity contribution in [1.82, 2.24) is 15.5 Å². The van der Waals surface area contributed by atoms with Crippen LogP contribution in [-0.2, 0) is 9.53 Å². The van der Waals surface area contributed by atoms with Crippen LogP contribution in [0.3, 0.4) is 0 Å². The standard InChI is InChI=1S/C19H17N3O4/c1-12(13-7-3-2-4-8-13)20-16(23)11-26-19(25)17-14-9-5-6-10-15(14)18(24)22-21-17/h2-10,12H,11H2,1H3,(H,20,23)(H,22,24)/t12-/m0/s1. The maximum atomic E-state index is 12.2. The number of amides is 1. The number of fused-ring (bicyclic) bond motifs is 1. The molecule has 7 heteroatoms. The number of hydrogen-bond acceptors (Lipinski definition) is 5. The van der Waals surface area contributed by atoms with Gasteiger partial charge in [-0.2, -0.15) is 5.10 Å². The lowest BCUT2D eigenvalue weighted by atomic mass is 10.1. The Morgan fingerprint density at radius 2 is 1.73 bits per heavy atom. The van der Waals surface area contributed by atoms with Crippen LogP contribution < -0.4 is 10.9 Å². The Morgan fingerprint density at radius 1 is 1.08 bits per heavy atom. The topological polar surface area (TPSA) is 101 Å². The minimum Gasteiger partial charge on any atom is -0.451 e. The fourth-order valence-electron chi connectivity index (χ4n) is 2.58. The molecule has 0 saturated heterocycles. The molecular weight excluding hydrogens is 334 g/mol. The number of aromatic amines is 1. The molecule has 0 radical (unpaired) electrons. The molecule has 0 aliphatic carbocycles. The van der Waals surface area contributed by atoms with Crippen LogP contribution in [-0.4, -0.2) is 28.7 Å². The summed E-state index contributed by atoms with van der Waals surface area (Å²) in [5.41, 5.74) is 0.510. The molecule has 0 bridgehead atoms. The molecule has 0 spiro atoms. The molecule has 1 aromatic heterocycles. The fraction of sp³-hybridized carbons (Fsp3) is 0.158. The van der Waals surface area contributed by atoms with Crippen molar-refractivity contribution in [3.8, 4) is 0 Å². The Balaban J connectivity index is 1.65. The molecule has 0 saturated carbocycles. The summed E-state index contributed by atoms with van der Waals surface area (Å²) in [5, 5.41) is 9.47. The van der Waals surface area contributed by atoms with Crippen LogP contribution in [0.5, 0.6) is 0 Å². The minimum absolute atomic E-state index is 0.0379. The van der Waals surface area contributed by atoms with E-state index in [2.05, 4.69) is 15.5 Å². The lowest BCUT2D eigenvalue weighted by Gasteiger charge is -2.14. The largest absolute Gasteiger partial charge is 0.451 e. The van der Waals surface area contributed by atoms with Gasteiger partial charge in [-0.15, -0.1) is 0 Å². The van der Waals surface area contributed by atoms with Crippen molar-refractivity contribution < 1.29 is 14.3 Å². The summed E-state index contributed by atoms with van der Waals surface area (Å²) in [6.07, 6.45) is 0. The minimum atomic E-state index is -0.778. The predicted molar refractivity (Wildman–Crippen MR) is 95.6 cm³/mol. The average Bonchev–Trinajstić information content (AvgIpc) is 2.67. The van der Waals surface area contributed by atoms with E-state index in [9.17, 15) is 14.4 Å². The van der Waals surface area contributed by atoms with E-state index in [1.807, 2.05) is 37.3 Å². The number of rotatable bonds is 5. The molecule has 7 nitrogen and oxygen atoms in total. The Labute approximate surface area is 149 Å². The quantitative estimate of drug-likeness (QED) is 0.684. The molecule has 0 fully saturated rings. The van der Waals surface area contributed by atoms with E-state index in [-0.39, 0.29) is 11.7 Å². The maximum Gasteiger partial charge on any atom is 0.359 e. The SMILES string of the molecule is C[C@H](NC(=O)COC(=O)c1n[nH]c(=O)c2ccccc12)c1ccccc1. The second kappa shape index (κ2) is 7.60. The highest BCUT2D eigenvalue weighted by Crippen LogP contribution is 2.14. The average molecular weight is 351 g/mol. The van der Waals surface area contributed by atoms with Crippen molar-refractivity contribution >= 4 is 22.6 Å². The molecule has 0 aliphatic rings. The summed E-state index contributed by atoms with van der Waals surface area (Å²) >= 11 is 0. The summed E-state index contributed by atoms with van der Waals surface area (Å²) in [5.74, 6) is -1.21. The van der Waals surface area contributed by atoms with Gasteiger partial charge >= 0.3 is 5.97 Å². The highest BCUT2D eigenvalue weighted by Gasteiger charge is 2.17. The van der Waals surface area contributed by atoms with E-state index >= 15 is 0 Å². The van der Waals surface area contributed by atoms with Gasteiger partial charge in [0.15, 0.2) is 12.3 Å². The molecule has 1 atom stereocenters. The first kappa shape index (κ1) is 17.3. The predicted octanol–water partition coefficient (Wildman–Crippen LogP) is 1.96. The zero-order valence-electron chi connectivity index (χ0n) is 14.1. The molecule has 2 aromatic carbocycles. The molecule has 3 aromatic rings. The fourth-order valence-corrected chi connectivity index (χ4v) is 2.58. The highest BCUT2D eigenvalue weighted by atomic mass is 16.5. The normalized spacial score (nSPS) is 11.7. The lowest BCUT2D eigenvalue weighted by Crippen LogP contribution is -2.31. The Morgan fingerprint density at radius 3 is 2.46 bits per heavy atom. The molecular formula is C19H17N3O4. The zero-order chi connectivity index (χ0) is 18.5. The van der Waals surface area contributed by atoms with Gasteiger partial charge in [0.2, 0.25) is 0 Å². The van der Waals surface area contributed by atoms with Crippen molar-refractivity contribution in [3.05, 3.63) is 76.2 Å². The molecule has 1 amide bonds. The second-order valence-corrected chi connectivity index (χ2v) is 5.72. The Hall–Kier alpha value is -3.48. The summed E-state index contributed by atoms with van der Waals surface area (Å²) in [4.78, 5) is 36.0. The van der Waals surface area contributed by atoms with Gasteiger partial charge in [-0.05, 0) is 18.6 Å². The summed E-state index contributed by atoms with van der Waals surface area (Å²) in [6, 6.07) is 15.8. The van der Waals surface area contributed by atoms with E-state index in [1.54, 1.807) is 24.3 Å². The number of nitrogens with one attached hydrogen (secondary N) is 2. The van der Waals surface area contributed by atoms with Gasteiger partial charge in [0, 0.05) is 5.39 Å². The first-order valence-corrected chi connectivity index (χ1v) is 8.05. The third-order valence-electron chi connectivity index (χ3n) is 3.90. The molecule has 26 heavy (non-hydrogen) atoms. The number of esters is 1. The number of carbonyl (C=O) groups is 2. The molecule has 0 aliphatic heterocycles. The van der Waals surface area contributed by atoms with E-state index < -0.39 is 24.0 Å². The van der Waals surface area contributed by atoms with Gasteiger partial charge in [0.1, 0.15) is 0 Å². The van der Waals surface area contributed by atoms with Gasteiger partial charge in [0.05, 0.1) is 11.4 Å². The molecule has 1 heterocycles. The van der Waals surface area contributed by atoms with Crippen LogP contribution in [0.2, 0.25) is 0 Å². The first-order chi connectivity index (χ1) is 12.6. The third kappa shape index (κ3) is 3.77. The van der Waals surface area contributed by atoms with E-state index in [0.717, 1.165) is 5.56 Å². The van der Waals surface area contributed by atoms with E-state index in [0.29, 0.717) is 10.8 Å². The zero-order valence-corrected chi connectivity index (χ0v) is 14.1. The van der Waals surface area contributed by atoms with Gasteiger partial charge < -0.3 is 10.1 Å². The van der Waals surface area contributed by atoms with Crippen molar-refractivity contribution in [3.63, 3.8) is 0 Å². The number of carbonyl (C=O) groups excluding carboxylic acids is 2. The number of benzene rings is 2. The van der Waals surface area contributed by atoms with Gasteiger partial charge in [-0.3, -0.25) is 9.59 Å². The van der Waals surface area contributed by atoms with E-state index in [4.69, 9.17) is 4.74 Å². The second-order valence-electron chi connectivity index (χ2n) is 5.72. The van der Waals surface area contributed by atoms with Gasteiger partial charge in [0.25, 0.3) is 11.5 Å². The third-order valence-corrected chi connectivity index (χ3v) is 3.90. The van der Waals surface area contributed by atoms with Crippen LogP contribution in [0.15, 0.2) is 59.4 Å². The van der Waals surface area contributed by atoms with Gasteiger partial charge in [-0.25, -0.2) is 9.89 Å². The van der Waals surface area contributed by atoms with E-state index in [1.165, 1.54) is 0 Å². The van der Waals surface area contributed by atoms with Crippen LogP contribution in [0, 0.1) is 0 Å². The molecule has 0 unspecified atom stereocenters. The van der Waals surface area contributed by atoms with Crippen LogP contribution in [0.25, 0.3) is 10.8 Å². The monoisotopic (exact) mass is 351 g/mol. The number of hydrogen-bond donors (Lipinski definition) is 2. The summed E-state index contributed by atoms with van der Waals surface area (Å²) in [7, 11) is 0. The Kier molecular flexibility index (Phi) is 5.07. The van der Waals surface area contributed by atoms with Crippen LogP contribution in [0.1, 0.15) is 29.0 Å². The summed E-state index contributed by atoms with van der Waals surface area (Å²) < 4.78 is 5.04. The first-order valence-electron chi connectivity index (χ1n) is 8.05. The number of nitrogens with zero attached hydrogens (tertiary/aromatic N) is 1.